The van der Waals surface area contributed by atoms with Crippen molar-refractivity contribution in [3.8, 4) is 5.75 Å². The van der Waals surface area contributed by atoms with E-state index < -0.39 is 13.0 Å². The maximum atomic E-state index is 13.5. The Balaban J connectivity index is 1.84. The number of benzene rings is 4. The highest BCUT2D eigenvalue weighted by Gasteiger charge is 2.48. The van der Waals surface area contributed by atoms with Crippen molar-refractivity contribution in [2.45, 2.75) is 0 Å². The molecule has 0 atom stereocenters. The fraction of sp³-hybridized carbons (Fsp3) is 0.0714. The van der Waals surface area contributed by atoms with Crippen LogP contribution in [0.4, 0.5) is 0 Å². The van der Waals surface area contributed by atoms with Crippen LogP contribution in [0.25, 0.3) is 0 Å². The van der Waals surface area contributed by atoms with E-state index in [1.54, 1.807) is 31.4 Å². The summed E-state index contributed by atoms with van der Waals surface area (Å²) < 4.78 is 5.17. The standard InChI is InChI=1S/C28H24O3P/c1-31-23-19-17-22(18-20-23)28(30)27(29)21-32(24-11-5-2-6-12-24,25-13-7-3-8-14-25)26-15-9-4-10-16-26/h2-20H,21H2,1H3/q+1. The molecule has 0 N–H and O–H groups in total. The lowest BCUT2D eigenvalue weighted by Gasteiger charge is -2.26. The van der Waals surface area contributed by atoms with Gasteiger partial charge in [-0.1, -0.05) is 54.6 Å². The van der Waals surface area contributed by atoms with Crippen LogP contribution in [0.2, 0.25) is 0 Å². The Morgan fingerprint density at radius 1 is 0.625 bits per heavy atom. The lowest BCUT2D eigenvalue weighted by atomic mass is 10.1. The van der Waals surface area contributed by atoms with E-state index in [9.17, 15) is 9.59 Å². The number of hydrogen-bond donors (Lipinski definition) is 0. The third kappa shape index (κ3) is 4.26. The summed E-state index contributed by atoms with van der Waals surface area (Å²) in [6.45, 7) is 0. The number of methoxy groups -OCH3 is 1. The second kappa shape index (κ2) is 9.72. The number of carbonyl (C=O) groups is 2. The number of carbonyl (C=O) groups excluding carboxylic acids is 2. The highest BCUT2D eigenvalue weighted by molar-refractivity contribution is 7.96. The Kier molecular flexibility index (Phi) is 6.58. The van der Waals surface area contributed by atoms with E-state index in [2.05, 4.69) is 36.4 Å². The lowest BCUT2D eigenvalue weighted by Crippen LogP contribution is -2.37. The first-order valence-corrected chi connectivity index (χ1v) is 12.4. The molecule has 158 valence electrons. The van der Waals surface area contributed by atoms with Gasteiger partial charge >= 0.3 is 0 Å². The second-order valence-corrected chi connectivity index (χ2v) is 10.9. The van der Waals surface area contributed by atoms with Gasteiger partial charge in [-0.05, 0) is 60.7 Å². The molecule has 0 aliphatic rings. The molecule has 0 aliphatic heterocycles. The molecular weight excluding hydrogens is 415 g/mol. The molecule has 0 radical (unpaired) electrons. The van der Waals surface area contributed by atoms with Crippen LogP contribution in [0.1, 0.15) is 10.4 Å². The van der Waals surface area contributed by atoms with Gasteiger partial charge in [0, 0.05) is 5.56 Å². The van der Waals surface area contributed by atoms with E-state index in [0.29, 0.717) is 11.3 Å². The van der Waals surface area contributed by atoms with Gasteiger partial charge in [-0.2, -0.15) is 0 Å². The highest BCUT2D eigenvalue weighted by Crippen LogP contribution is 2.55. The molecule has 3 nitrogen and oxygen atoms in total. The molecule has 0 unspecified atom stereocenters. The summed E-state index contributed by atoms with van der Waals surface area (Å²) in [6.07, 6.45) is 0.135. The maximum Gasteiger partial charge on any atom is 0.241 e. The Labute approximate surface area is 189 Å². The summed E-state index contributed by atoms with van der Waals surface area (Å²) >= 11 is 0. The van der Waals surface area contributed by atoms with Gasteiger partial charge in [0.25, 0.3) is 0 Å². The zero-order valence-corrected chi connectivity index (χ0v) is 18.7. The summed E-state index contributed by atoms with van der Waals surface area (Å²) in [5, 5.41) is 3.23. The maximum absolute atomic E-state index is 13.5. The van der Waals surface area contributed by atoms with Crippen molar-refractivity contribution >= 4 is 34.7 Å². The van der Waals surface area contributed by atoms with Crippen LogP contribution >= 0.6 is 7.26 Å². The van der Waals surface area contributed by atoms with Crippen LogP contribution < -0.4 is 20.7 Å². The first-order chi connectivity index (χ1) is 15.6. The zero-order chi connectivity index (χ0) is 22.4. The molecule has 0 aliphatic carbocycles. The van der Waals surface area contributed by atoms with Crippen LogP contribution in [0.3, 0.4) is 0 Å². The molecule has 4 heteroatoms. The molecule has 0 amide bonds. The van der Waals surface area contributed by atoms with Gasteiger partial charge < -0.3 is 4.74 Å². The van der Waals surface area contributed by atoms with E-state index in [0.717, 1.165) is 15.9 Å². The highest BCUT2D eigenvalue weighted by atomic mass is 31.2. The second-order valence-electron chi connectivity index (χ2n) is 7.46. The first-order valence-electron chi connectivity index (χ1n) is 10.4. The van der Waals surface area contributed by atoms with E-state index in [-0.39, 0.29) is 11.9 Å². The van der Waals surface area contributed by atoms with Crippen molar-refractivity contribution in [1.82, 2.24) is 0 Å². The minimum Gasteiger partial charge on any atom is -0.497 e. The fourth-order valence-corrected chi connectivity index (χ4v) is 8.02. The van der Waals surface area contributed by atoms with Gasteiger partial charge in [0.05, 0.1) is 7.11 Å². The summed E-state index contributed by atoms with van der Waals surface area (Å²) in [4.78, 5) is 26.6. The topological polar surface area (TPSA) is 43.4 Å². The molecule has 4 rings (SSSR count). The molecule has 0 saturated heterocycles. The summed E-state index contributed by atoms with van der Waals surface area (Å²) in [7, 11) is -0.824. The minimum absolute atomic E-state index is 0.135. The Morgan fingerprint density at radius 2 is 1.03 bits per heavy atom. The van der Waals surface area contributed by atoms with Gasteiger partial charge in [0.1, 0.15) is 35.1 Å². The number of ether oxygens (including phenoxy) is 1. The third-order valence-corrected chi connectivity index (χ3v) is 9.88. The van der Waals surface area contributed by atoms with Crippen molar-refractivity contribution in [3.05, 3.63) is 121 Å². The van der Waals surface area contributed by atoms with Gasteiger partial charge in [-0.25, -0.2) is 0 Å². The third-order valence-electron chi connectivity index (χ3n) is 5.58. The number of ketones is 2. The molecule has 0 saturated carbocycles. The Morgan fingerprint density at radius 3 is 1.41 bits per heavy atom. The largest absolute Gasteiger partial charge is 0.497 e. The number of rotatable bonds is 8. The Bertz CT molecular complexity index is 1090. The van der Waals surface area contributed by atoms with Gasteiger partial charge in [-0.3, -0.25) is 9.59 Å². The van der Waals surface area contributed by atoms with Crippen LogP contribution in [0, 0.1) is 0 Å². The predicted octanol–water partition coefficient (Wildman–Crippen LogP) is 4.44. The normalized spacial score (nSPS) is 11.0. The molecule has 0 fully saturated rings. The van der Waals surface area contributed by atoms with Crippen LogP contribution in [-0.2, 0) is 4.79 Å². The van der Waals surface area contributed by atoms with Gasteiger partial charge in [0.15, 0.2) is 0 Å². The smallest absolute Gasteiger partial charge is 0.241 e. The zero-order valence-electron chi connectivity index (χ0n) is 17.8. The van der Waals surface area contributed by atoms with Gasteiger partial charge in [0.2, 0.25) is 11.6 Å². The van der Waals surface area contributed by atoms with E-state index >= 15 is 0 Å². The average Bonchev–Trinajstić information content (AvgIpc) is 2.88. The molecule has 4 aromatic carbocycles. The summed E-state index contributed by atoms with van der Waals surface area (Å²) in [5.41, 5.74) is 0.378. The van der Waals surface area contributed by atoms with Crippen molar-refractivity contribution < 1.29 is 14.3 Å². The van der Waals surface area contributed by atoms with Gasteiger partial charge in [-0.15, -0.1) is 0 Å². The van der Waals surface area contributed by atoms with Crippen LogP contribution in [0.15, 0.2) is 115 Å². The van der Waals surface area contributed by atoms with Crippen LogP contribution in [0.5, 0.6) is 5.75 Å². The van der Waals surface area contributed by atoms with E-state index in [4.69, 9.17) is 4.74 Å². The average molecular weight is 439 g/mol. The first kappa shape index (κ1) is 21.7. The quantitative estimate of drug-likeness (QED) is 0.232. The van der Waals surface area contributed by atoms with Crippen molar-refractivity contribution in [2.75, 3.05) is 13.3 Å². The molecule has 0 aromatic heterocycles. The molecular formula is C28H24O3P+. The molecule has 0 heterocycles. The number of hydrogen-bond acceptors (Lipinski definition) is 3. The predicted molar refractivity (Wildman–Crippen MR) is 132 cm³/mol. The van der Waals surface area contributed by atoms with E-state index in [1.165, 1.54) is 0 Å². The summed E-state index contributed by atoms with van der Waals surface area (Å²) in [6, 6.07) is 37.0. The van der Waals surface area contributed by atoms with E-state index in [1.807, 2.05) is 54.6 Å². The Hall–Kier alpha value is -3.55. The number of Topliss-reactive ketones (excluding diaryl/α,β-unsaturated/α-hetero) is 2. The van der Waals surface area contributed by atoms with Crippen molar-refractivity contribution in [2.24, 2.45) is 0 Å². The van der Waals surface area contributed by atoms with Crippen LogP contribution in [-0.4, -0.2) is 24.8 Å². The fourth-order valence-electron chi connectivity index (χ4n) is 3.96. The molecule has 0 spiro atoms. The van der Waals surface area contributed by atoms with Crippen molar-refractivity contribution in [1.29, 1.82) is 0 Å². The summed E-state index contributed by atoms with van der Waals surface area (Å²) in [5.74, 6) is -0.214. The van der Waals surface area contributed by atoms with Crippen molar-refractivity contribution in [3.63, 3.8) is 0 Å². The minimum atomic E-state index is -2.39. The molecule has 0 bridgehead atoms. The SMILES string of the molecule is COc1ccc(C(=O)C(=O)C[P+](c2ccccc2)(c2ccccc2)c2ccccc2)cc1. The monoisotopic (exact) mass is 439 g/mol. The molecule has 4 aromatic rings. The molecule has 32 heavy (non-hydrogen) atoms. The lowest BCUT2D eigenvalue weighted by molar-refractivity contribution is -0.112.